The Balaban J connectivity index is 2.10. The van der Waals surface area contributed by atoms with Crippen LogP contribution in [0.2, 0.25) is 0 Å². The maximum atomic E-state index is 13.1. The molecule has 6 heteroatoms. The van der Waals surface area contributed by atoms with Crippen molar-refractivity contribution in [2.24, 2.45) is 0 Å². The highest BCUT2D eigenvalue weighted by Crippen LogP contribution is 2.25. The highest BCUT2D eigenvalue weighted by molar-refractivity contribution is 9.10. The SMILES string of the molecule is COc1cccc(C(=O)OCc2ccc(F)c(Br)c2)c1N. The van der Waals surface area contributed by atoms with Crippen molar-refractivity contribution >= 4 is 27.6 Å². The molecule has 0 bridgehead atoms. The summed E-state index contributed by atoms with van der Waals surface area (Å²) in [7, 11) is 1.47. The van der Waals surface area contributed by atoms with E-state index in [9.17, 15) is 9.18 Å². The maximum absolute atomic E-state index is 13.1. The summed E-state index contributed by atoms with van der Waals surface area (Å²) < 4.78 is 23.6. The van der Waals surface area contributed by atoms with E-state index in [1.54, 1.807) is 30.3 Å². The van der Waals surface area contributed by atoms with E-state index in [2.05, 4.69) is 15.9 Å². The number of anilines is 1. The Morgan fingerprint density at radius 3 is 2.76 bits per heavy atom. The minimum Gasteiger partial charge on any atom is -0.495 e. The van der Waals surface area contributed by atoms with Gasteiger partial charge < -0.3 is 15.2 Å². The first-order chi connectivity index (χ1) is 10.0. The fourth-order valence-electron chi connectivity index (χ4n) is 1.76. The van der Waals surface area contributed by atoms with E-state index >= 15 is 0 Å². The number of hydrogen-bond acceptors (Lipinski definition) is 4. The van der Waals surface area contributed by atoms with Crippen LogP contribution >= 0.6 is 15.9 Å². The van der Waals surface area contributed by atoms with Crippen LogP contribution in [0.25, 0.3) is 0 Å². The van der Waals surface area contributed by atoms with Crippen molar-refractivity contribution in [1.29, 1.82) is 0 Å². The topological polar surface area (TPSA) is 61.5 Å². The predicted molar refractivity (Wildman–Crippen MR) is 80.6 cm³/mol. The average Bonchev–Trinajstić information content (AvgIpc) is 2.48. The normalized spacial score (nSPS) is 10.2. The molecule has 0 heterocycles. The highest BCUT2D eigenvalue weighted by atomic mass is 79.9. The van der Waals surface area contributed by atoms with E-state index in [4.69, 9.17) is 15.2 Å². The molecule has 21 heavy (non-hydrogen) atoms. The van der Waals surface area contributed by atoms with Crippen LogP contribution in [0.3, 0.4) is 0 Å². The Bertz CT molecular complexity index is 676. The number of carbonyl (C=O) groups excluding carboxylic acids is 1. The molecule has 0 aliphatic carbocycles. The van der Waals surface area contributed by atoms with Crippen molar-refractivity contribution < 1.29 is 18.7 Å². The van der Waals surface area contributed by atoms with Gasteiger partial charge in [-0.3, -0.25) is 0 Å². The molecule has 0 fully saturated rings. The monoisotopic (exact) mass is 353 g/mol. The van der Waals surface area contributed by atoms with Gasteiger partial charge in [-0.05, 0) is 45.8 Å². The zero-order valence-corrected chi connectivity index (χ0v) is 12.8. The fraction of sp³-hybridized carbons (Fsp3) is 0.133. The van der Waals surface area contributed by atoms with Gasteiger partial charge in [-0.1, -0.05) is 12.1 Å². The molecule has 0 radical (unpaired) electrons. The van der Waals surface area contributed by atoms with E-state index in [1.807, 2.05) is 0 Å². The van der Waals surface area contributed by atoms with E-state index < -0.39 is 5.97 Å². The number of nitrogens with two attached hydrogens (primary N) is 1. The quantitative estimate of drug-likeness (QED) is 0.674. The van der Waals surface area contributed by atoms with Gasteiger partial charge >= 0.3 is 5.97 Å². The number of benzene rings is 2. The number of para-hydroxylation sites is 1. The van der Waals surface area contributed by atoms with Gasteiger partial charge in [-0.25, -0.2) is 9.18 Å². The molecule has 2 aromatic rings. The molecule has 0 atom stereocenters. The van der Waals surface area contributed by atoms with Gasteiger partial charge in [0.15, 0.2) is 0 Å². The van der Waals surface area contributed by atoms with Crippen molar-refractivity contribution in [2.45, 2.75) is 6.61 Å². The van der Waals surface area contributed by atoms with Crippen molar-refractivity contribution in [3.8, 4) is 5.75 Å². The van der Waals surface area contributed by atoms with E-state index in [0.717, 1.165) is 0 Å². The molecule has 0 amide bonds. The Kier molecular flexibility index (Phi) is 4.80. The molecule has 2 N–H and O–H groups in total. The number of rotatable bonds is 4. The first kappa shape index (κ1) is 15.3. The summed E-state index contributed by atoms with van der Waals surface area (Å²) in [6.45, 7) is 0.0222. The van der Waals surface area contributed by atoms with Gasteiger partial charge in [0, 0.05) is 0 Å². The molecule has 0 saturated heterocycles. The minimum atomic E-state index is -0.563. The average molecular weight is 354 g/mol. The van der Waals surface area contributed by atoms with Crippen LogP contribution in [0.15, 0.2) is 40.9 Å². The standard InChI is InChI=1S/C15H13BrFNO3/c1-20-13-4-2-3-10(14(13)18)15(19)21-8-9-5-6-12(17)11(16)7-9/h2-7H,8,18H2,1H3. The summed E-state index contributed by atoms with van der Waals surface area (Å²) in [5.41, 5.74) is 6.95. The number of esters is 1. The fourth-order valence-corrected chi connectivity index (χ4v) is 2.18. The first-order valence-electron chi connectivity index (χ1n) is 6.06. The lowest BCUT2D eigenvalue weighted by Crippen LogP contribution is -2.09. The van der Waals surface area contributed by atoms with Gasteiger partial charge in [-0.15, -0.1) is 0 Å². The smallest absolute Gasteiger partial charge is 0.340 e. The van der Waals surface area contributed by atoms with Crippen molar-refractivity contribution in [2.75, 3.05) is 12.8 Å². The number of carbonyl (C=O) groups is 1. The van der Waals surface area contributed by atoms with Crippen LogP contribution in [-0.2, 0) is 11.3 Å². The van der Waals surface area contributed by atoms with Crippen LogP contribution in [0.4, 0.5) is 10.1 Å². The summed E-state index contributed by atoms with van der Waals surface area (Å²) in [6.07, 6.45) is 0. The van der Waals surface area contributed by atoms with Gasteiger partial charge in [0.1, 0.15) is 18.2 Å². The third kappa shape index (κ3) is 3.52. The summed E-state index contributed by atoms with van der Waals surface area (Å²) in [4.78, 5) is 12.0. The van der Waals surface area contributed by atoms with Crippen molar-refractivity contribution in [3.05, 3.63) is 57.8 Å². The number of hydrogen-bond donors (Lipinski definition) is 1. The summed E-state index contributed by atoms with van der Waals surface area (Å²) in [5.74, 6) is -0.525. The summed E-state index contributed by atoms with van der Waals surface area (Å²) >= 11 is 3.08. The predicted octanol–water partition coefficient (Wildman–Crippen LogP) is 3.54. The van der Waals surface area contributed by atoms with E-state index in [1.165, 1.54) is 13.2 Å². The molecule has 0 aromatic heterocycles. The molecule has 4 nitrogen and oxygen atoms in total. The van der Waals surface area contributed by atoms with Crippen LogP contribution < -0.4 is 10.5 Å². The lowest BCUT2D eigenvalue weighted by atomic mass is 10.1. The second kappa shape index (κ2) is 6.58. The number of nitrogen functional groups attached to an aromatic ring is 1. The Labute approximate surface area is 129 Å². The maximum Gasteiger partial charge on any atom is 0.340 e. The molecule has 0 unspecified atom stereocenters. The number of halogens is 2. The van der Waals surface area contributed by atoms with E-state index in [0.29, 0.717) is 15.8 Å². The largest absolute Gasteiger partial charge is 0.495 e. The number of ether oxygens (including phenoxy) is 2. The highest BCUT2D eigenvalue weighted by Gasteiger charge is 2.14. The zero-order valence-electron chi connectivity index (χ0n) is 11.2. The van der Waals surface area contributed by atoms with Crippen LogP contribution in [0.1, 0.15) is 15.9 Å². The Morgan fingerprint density at radius 1 is 1.33 bits per heavy atom. The second-order valence-corrected chi connectivity index (χ2v) is 5.10. The van der Waals surface area contributed by atoms with Gasteiger partial charge in [-0.2, -0.15) is 0 Å². The van der Waals surface area contributed by atoms with Gasteiger partial charge in [0.25, 0.3) is 0 Å². The Morgan fingerprint density at radius 2 is 2.10 bits per heavy atom. The lowest BCUT2D eigenvalue weighted by Gasteiger charge is -2.10. The molecule has 2 rings (SSSR count). The van der Waals surface area contributed by atoms with Crippen LogP contribution in [0.5, 0.6) is 5.75 Å². The second-order valence-electron chi connectivity index (χ2n) is 4.25. The van der Waals surface area contributed by atoms with Crippen molar-refractivity contribution in [3.63, 3.8) is 0 Å². The minimum absolute atomic E-state index is 0.0222. The lowest BCUT2D eigenvalue weighted by molar-refractivity contribution is 0.0473. The first-order valence-corrected chi connectivity index (χ1v) is 6.85. The molecule has 2 aromatic carbocycles. The van der Waals surface area contributed by atoms with Gasteiger partial charge in [0.05, 0.1) is 22.8 Å². The molecule has 110 valence electrons. The molecular formula is C15H13BrFNO3. The van der Waals surface area contributed by atoms with Gasteiger partial charge in [0.2, 0.25) is 0 Å². The molecule has 0 spiro atoms. The van der Waals surface area contributed by atoms with Crippen LogP contribution in [0, 0.1) is 5.82 Å². The third-order valence-electron chi connectivity index (χ3n) is 2.86. The zero-order chi connectivity index (χ0) is 15.4. The molecule has 0 aliphatic heterocycles. The van der Waals surface area contributed by atoms with E-state index in [-0.39, 0.29) is 23.7 Å². The number of methoxy groups -OCH3 is 1. The third-order valence-corrected chi connectivity index (χ3v) is 3.47. The van der Waals surface area contributed by atoms with Crippen LogP contribution in [-0.4, -0.2) is 13.1 Å². The van der Waals surface area contributed by atoms with Crippen molar-refractivity contribution in [1.82, 2.24) is 0 Å². The molecule has 0 saturated carbocycles. The summed E-state index contributed by atoms with van der Waals surface area (Å²) in [6, 6.07) is 9.26. The molecular weight excluding hydrogens is 341 g/mol. The summed E-state index contributed by atoms with van der Waals surface area (Å²) in [5, 5.41) is 0. The molecule has 0 aliphatic rings. The Hall–Kier alpha value is -2.08.